The monoisotopic (exact) mass is 339 g/mol. The number of hydrogen-bond donors (Lipinski definition) is 2. The molecular formula is C19H22FN5. The van der Waals surface area contributed by atoms with E-state index < -0.39 is 0 Å². The van der Waals surface area contributed by atoms with E-state index in [4.69, 9.17) is 16.5 Å². The number of nitrogens with two attached hydrogens (primary N) is 2. The molecule has 1 aromatic carbocycles. The van der Waals surface area contributed by atoms with Crippen molar-refractivity contribution < 1.29 is 4.39 Å². The second kappa shape index (κ2) is 6.63. The Morgan fingerprint density at radius 2 is 1.88 bits per heavy atom. The first kappa shape index (κ1) is 17.1. The fraction of sp³-hybridized carbons (Fsp3) is 0.316. The molecule has 5 nitrogen and oxygen atoms in total. The molecule has 0 amide bonds. The van der Waals surface area contributed by atoms with Gasteiger partial charge in [-0.25, -0.2) is 4.39 Å². The Labute approximate surface area is 146 Å². The van der Waals surface area contributed by atoms with Crippen molar-refractivity contribution in [3.05, 3.63) is 63.7 Å². The average Bonchev–Trinajstić information content (AvgIpc) is 2.54. The van der Waals surface area contributed by atoms with Gasteiger partial charge in [-0.15, -0.1) is 5.10 Å². The number of fused-ring (bicyclic) bond motifs is 1. The summed E-state index contributed by atoms with van der Waals surface area (Å²) in [5.74, 6) is -0.233. The molecule has 6 heteroatoms. The molecule has 4 N–H and O–H groups in total. The van der Waals surface area contributed by atoms with Crippen LogP contribution in [0.15, 0.2) is 34.5 Å². The van der Waals surface area contributed by atoms with Gasteiger partial charge in [-0.2, -0.15) is 5.10 Å². The highest BCUT2D eigenvalue weighted by Gasteiger charge is 2.28. The fourth-order valence-electron chi connectivity index (χ4n) is 3.58. The maximum atomic E-state index is 13.8. The Hall–Kier alpha value is -2.76. The van der Waals surface area contributed by atoms with Gasteiger partial charge in [0.15, 0.2) is 0 Å². The van der Waals surface area contributed by atoms with Crippen LogP contribution in [0.1, 0.15) is 46.0 Å². The lowest BCUT2D eigenvalue weighted by atomic mass is 9.78. The van der Waals surface area contributed by atoms with E-state index in [9.17, 15) is 4.39 Å². The molecule has 0 saturated heterocycles. The van der Waals surface area contributed by atoms with Gasteiger partial charge in [-0.1, -0.05) is 6.07 Å². The molecule has 0 aliphatic heterocycles. The summed E-state index contributed by atoms with van der Waals surface area (Å²) in [4.78, 5) is 4.69. The number of nitrogens with zero attached hydrogens (tertiary/aromatic N) is 3. The number of halogens is 1. The van der Waals surface area contributed by atoms with Gasteiger partial charge in [0.05, 0.1) is 11.4 Å². The van der Waals surface area contributed by atoms with Gasteiger partial charge in [-0.3, -0.25) is 4.98 Å². The summed E-state index contributed by atoms with van der Waals surface area (Å²) in [6, 6.07) is 6.92. The predicted molar refractivity (Wildman–Crippen MR) is 98.3 cm³/mol. The minimum absolute atomic E-state index is 0.0872. The Balaban J connectivity index is 2.13. The van der Waals surface area contributed by atoms with Gasteiger partial charge in [0.1, 0.15) is 5.82 Å². The summed E-state index contributed by atoms with van der Waals surface area (Å²) < 4.78 is 13.8. The molecular weight excluding hydrogens is 317 g/mol. The molecule has 25 heavy (non-hydrogen) atoms. The maximum Gasteiger partial charge on any atom is 0.211 e. The molecule has 1 unspecified atom stereocenters. The maximum absolute atomic E-state index is 13.8. The number of guanidine groups is 1. The zero-order chi connectivity index (χ0) is 18.1. The van der Waals surface area contributed by atoms with Crippen molar-refractivity contribution in [2.24, 2.45) is 21.7 Å². The molecule has 1 aliphatic rings. The molecule has 2 aromatic rings. The summed E-state index contributed by atoms with van der Waals surface area (Å²) in [6.07, 6.45) is 1.38. The molecule has 130 valence electrons. The fourth-order valence-corrected chi connectivity index (χ4v) is 3.58. The van der Waals surface area contributed by atoms with Crippen LogP contribution in [0.5, 0.6) is 0 Å². The van der Waals surface area contributed by atoms with Crippen LogP contribution in [-0.4, -0.2) is 16.7 Å². The van der Waals surface area contributed by atoms with E-state index in [1.165, 1.54) is 6.07 Å². The Kier molecular flexibility index (Phi) is 4.53. The summed E-state index contributed by atoms with van der Waals surface area (Å²) in [5, 5.41) is 8.10. The van der Waals surface area contributed by atoms with Crippen LogP contribution >= 0.6 is 0 Å². The molecule has 1 aromatic heterocycles. The smallest absolute Gasteiger partial charge is 0.211 e. The molecule has 0 spiro atoms. The van der Waals surface area contributed by atoms with E-state index in [2.05, 4.69) is 10.2 Å². The van der Waals surface area contributed by atoms with Crippen molar-refractivity contribution in [3.63, 3.8) is 0 Å². The first-order valence-corrected chi connectivity index (χ1v) is 8.24. The molecule has 0 saturated carbocycles. The lowest BCUT2D eigenvalue weighted by molar-refractivity contribution is 0.612. The van der Waals surface area contributed by atoms with Crippen LogP contribution in [0, 0.1) is 26.6 Å². The molecule has 1 atom stereocenters. The van der Waals surface area contributed by atoms with Gasteiger partial charge < -0.3 is 11.5 Å². The van der Waals surface area contributed by atoms with E-state index in [1.807, 2.05) is 32.9 Å². The number of aryl methyl sites for hydroxylation is 3. The minimum Gasteiger partial charge on any atom is -0.369 e. The van der Waals surface area contributed by atoms with Crippen LogP contribution < -0.4 is 11.5 Å². The minimum atomic E-state index is -0.234. The van der Waals surface area contributed by atoms with Crippen molar-refractivity contribution in [1.82, 2.24) is 4.98 Å². The van der Waals surface area contributed by atoms with Crippen molar-refractivity contribution in [3.8, 4) is 0 Å². The molecule has 3 rings (SSSR count). The first-order chi connectivity index (χ1) is 11.8. The van der Waals surface area contributed by atoms with Crippen LogP contribution in [-0.2, 0) is 6.42 Å². The van der Waals surface area contributed by atoms with E-state index in [0.29, 0.717) is 6.42 Å². The van der Waals surface area contributed by atoms with Crippen LogP contribution in [0.25, 0.3) is 0 Å². The van der Waals surface area contributed by atoms with Crippen LogP contribution in [0.4, 0.5) is 4.39 Å². The first-order valence-electron chi connectivity index (χ1n) is 8.24. The lowest BCUT2D eigenvalue weighted by Crippen LogP contribution is -2.25. The van der Waals surface area contributed by atoms with Crippen LogP contribution in [0.3, 0.4) is 0 Å². The predicted octanol–water partition coefficient (Wildman–Crippen LogP) is 2.85. The van der Waals surface area contributed by atoms with Gasteiger partial charge in [0.2, 0.25) is 5.96 Å². The third kappa shape index (κ3) is 3.52. The number of rotatable bonds is 2. The van der Waals surface area contributed by atoms with E-state index in [-0.39, 0.29) is 17.7 Å². The quantitative estimate of drug-likeness (QED) is 0.501. The Bertz CT molecular complexity index is 882. The largest absolute Gasteiger partial charge is 0.369 e. The summed E-state index contributed by atoms with van der Waals surface area (Å²) in [6.45, 7) is 6.00. The zero-order valence-corrected chi connectivity index (χ0v) is 14.7. The highest BCUT2D eigenvalue weighted by molar-refractivity contribution is 6.04. The van der Waals surface area contributed by atoms with Crippen molar-refractivity contribution in [1.29, 1.82) is 0 Å². The topological polar surface area (TPSA) is 89.6 Å². The highest BCUT2D eigenvalue weighted by atomic mass is 19.1. The van der Waals surface area contributed by atoms with Gasteiger partial charge in [0.25, 0.3) is 0 Å². The van der Waals surface area contributed by atoms with E-state index in [0.717, 1.165) is 45.8 Å². The Morgan fingerprint density at radius 3 is 2.60 bits per heavy atom. The molecule has 1 aliphatic carbocycles. The average molecular weight is 339 g/mol. The van der Waals surface area contributed by atoms with E-state index in [1.54, 1.807) is 6.07 Å². The number of benzene rings is 1. The van der Waals surface area contributed by atoms with Crippen LogP contribution in [0.2, 0.25) is 0 Å². The normalized spacial score (nSPS) is 18.1. The number of pyridine rings is 1. The third-order valence-corrected chi connectivity index (χ3v) is 4.55. The summed E-state index contributed by atoms with van der Waals surface area (Å²) in [7, 11) is 0. The van der Waals surface area contributed by atoms with Gasteiger partial charge in [-0.05, 0) is 74.4 Å². The Morgan fingerprint density at radius 1 is 1.12 bits per heavy atom. The second-order valence-electron chi connectivity index (χ2n) is 6.58. The standard InChI is InChI=1S/C19H22FN5/c1-10-4-5-14(20)9-15(10)13-7-16-18(11(2)6-12(3)23-16)17(8-13)24-25-19(21)22/h4-6,9,13H,7-8H2,1-3H3,(H4,21,22,25). The summed E-state index contributed by atoms with van der Waals surface area (Å²) >= 11 is 0. The van der Waals surface area contributed by atoms with Gasteiger partial charge >= 0.3 is 0 Å². The highest BCUT2D eigenvalue weighted by Crippen LogP contribution is 2.35. The molecule has 1 heterocycles. The summed E-state index contributed by atoms with van der Waals surface area (Å²) in [5.41, 5.74) is 17.7. The van der Waals surface area contributed by atoms with Crippen molar-refractivity contribution in [2.45, 2.75) is 39.5 Å². The van der Waals surface area contributed by atoms with Crippen molar-refractivity contribution >= 4 is 11.7 Å². The third-order valence-electron chi connectivity index (χ3n) is 4.55. The molecule has 0 radical (unpaired) electrons. The second-order valence-corrected chi connectivity index (χ2v) is 6.58. The number of aromatic nitrogens is 1. The zero-order valence-electron chi connectivity index (χ0n) is 14.7. The molecule has 0 fully saturated rings. The van der Waals surface area contributed by atoms with Crippen molar-refractivity contribution in [2.75, 3.05) is 0 Å². The van der Waals surface area contributed by atoms with E-state index >= 15 is 0 Å². The SMILES string of the molecule is Cc1cc(C)c2c(n1)CC(c1cc(F)ccc1C)CC2=NN=C(N)N. The number of hydrogen-bond acceptors (Lipinski definition) is 3. The molecule has 0 bridgehead atoms. The van der Waals surface area contributed by atoms with Gasteiger partial charge in [0, 0.05) is 11.3 Å². The lowest BCUT2D eigenvalue weighted by Gasteiger charge is -2.28.